The lowest BCUT2D eigenvalue weighted by molar-refractivity contribution is 0.222. The molecule has 0 saturated heterocycles. The maximum atomic E-state index is 5.71. The second-order valence-corrected chi connectivity index (χ2v) is 17.8. The van der Waals surface area contributed by atoms with Crippen molar-refractivity contribution in [2.75, 3.05) is 6.54 Å². The largest absolute Gasteiger partial charge is 0.405 e. The summed E-state index contributed by atoms with van der Waals surface area (Å²) in [7, 11) is -3.16. The van der Waals surface area contributed by atoms with E-state index in [9.17, 15) is 0 Å². The third kappa shape index (κ3) is 6.56. The average molecular weight is 298 g/mol. The van der Waals surface area contributed by atoms with Gasteiger partial charge in [-0.3, -0.25) is 0 Å². The van der Waals surface area contributed by atoms with Crippen LogP contribution in [0.5, 0.6) is 0 Å². The van der Waals surface area contributed by atoms with Crippen LogP contribution in [0.3, 0.4) is 0 Å². The molecule has 6 heteroatoms. The summed E-state index contributed by atoms with van der Waals surface area (Å²) in [6.45, 7) is 17.9. The van der Waals surface area contributed by atoms with Gasteiger partial charge in [-0.15, -0.1) is 11.1 Å². The minimum atomic E-state index is -1.19. The molecule has 0 radical (unpaired) electrons. The fourth-order valence-electron chi connectivity index (χ4n) is 2.18. The fraction of sp³-hybridized carbons (Fsp3) is 1.00. The van der Waals surface area contributed by atoms with Crippen molar-refractivity contribution in [3.05, 3.63) is 0 Å². The quantitative estimate of drug-likeness (QED) is 0.529. The van der Waals surface area contributed by atoms with Gasteiger partial charge in [-0.2, -0.15) is 0 Å². The van der Waals surface area contributed by atoms with Gasteiger partial charge >= 0.3 is 0 Å². The first-order valence-electron chi connectivity index (χ1n) is 6.04. The molecule has 98 valence electrons. The van der Waals surface area contributed by atoms with E-state index in [1.807, 2.05) is 0 Å². The Balaban J connectivity index is 4.36. The summed E-state index contributed by atoms with van der Waals surface area (Å²) < 4.78 is 8.33. The van der Waals surface area contributed by atoms with Gasteiger partial charge in [-0.05, 0) is 19.9 Å². The summed E-state index contributed by atoms with van der Waals surface area (Å²) in [4.78, 5) is 0. The van der Waals surface area contributed by atoms with E-state index in [0.717, 1.165) is 6.42 Å². The van der Waals surface area contributed by atoms with Crippen molar-refractivity contribution in [3.8, 4) is 0 Å². The maximum absolute atomic E-state index is 5.71. The molecule has 0 fully saturated rings. The molecular formula is C10H28ClNOSi3. The van der Waals surface area contributed by atoms with Crippen LogP contribution in [0.4, 0.5) is 0 Å². The van der Waals surface area contributed by atoms with Crippen LogP contribution in [0.25, 0.3) is 0 Å². The molecule has 0 bridgehead atoms. The van der Waals surface area contributed by atoms with Crippen LogP contribution in [-0.2, 0) is 4.43 Å². The molecule has 1 atom stereocenters. The van der Waals surface area contributed by atoms with Gasteiger partial charge in [0.05, 0.1) is 0 Å². The Morgan fingerprint density at radius 3 is 1.88 bits per heavy atom. The molecular weight excluding hydrogens is 270 g/mol. The fourth-order valence-corrected chi connectivity index (χ4v) is 12.9. The van der Waals surface area contributed by atoms with Crippen LogP contribution in [0.15, 0.2) is 0 Å². The molecule has 16 heavy (non-hydrogen) atoms. The predicted molar refractivity (Wildman–Crippen MR) is 83.0 cm³/mol. The number of rotatable bonds is 7. The molecule has 0 spiro atoms. The Morgan fingerprint density at radius 1 is 1.12 bits per heavy atom. The van der Waals surface area contributed by atoms with E-state index < -0.39 is 25.5 Å². The van der Waals surface area contributed by atoms with Crippen LogP contribution in [0, 0.1) is 0 Å². The standard InChI is InChI=1S/C10H28ClNOSi3/c1-10(13-14-11)8-9-12(15(2,3)4)16(5,6)7/h10H,8-9,14H2,1-7H3. The zero-order valence-electron chi connectivity index (χ0n) is 11.9. The van der Waals surface area contributed by atoms with Crippen molar-refractivity contribution >= 4 is 36.6 Å². The summed E-state index contributed by atoms with van der Waals surface area (Å²) in [5.41, 5.74) is 0. The molecule has 2 nitrogen and oxygen atoms in total. The summed E-state index contributed by atoms with van der Waals surface area (Å²) >= 11 is 5.71. The van der Waals surface area contributed by atoms with E-state index >= 15 is 0 Å². The lowest BCUT2D eigenvalue weighted by Crippen LogP contribution is -2.59. The first-order valence-corrected chi connectivity index (χ1v) is 15.7. The summed E-state index contributed by atoms with van der Waals surface area (Å²) in [6, 6.07) is 0. The summed E-state index contributed by atoms with van der Waals surface area (Å²) in [6.07, 6.45) is 1.45. The third-order valence-corrected chi connectivity index (χ3v) is 11.5. The van der Waals surface area contributed by atoms with E-state index in [2.05, 4.69) is 50.4 Å². The molecule has 1 unspecified atom stereocenters. The number of nitrogens with zero attached hydrogens (tertiary/aromatic N) is 1. The highest BCUT2D eigenvalue weighted by Crippen LogP contribution is 2.20. The topological polar surface area (TPSA) is 12.5 Å². The zero-order chi connectivity index (χ0) is 13.0. The number of halogens is 1. The predicted octanol–water partition coefficient (Wildman–Crippen LogP) is 2.99. The molecule has 0 heterocycles. The highest BCUT2D eigenvalue weighted by atomic mass is 35.6. The minimum absolute atomic E-state index is 0.333. The first kappa shape index (κ1) is 16.9. The maximum Gasteiger partial charge on any atom is 0.258 e. The van der Waals surface area contributed by atoms with E-state index in [0.29, 0.717) is 6.10 Å². The molecule has 0 saturated carbocycles. The van der Waals surface area contributed by atoms with Crippen molar-refractivity contribution in [1.82, 2.24) is 4.23 Å². The molecule has 0 aliphatic rings. The van der Waals surface area contributed by atoms with Crippen molar-refractivity contribution in [2.45, 2.75) is 58.7 Å². The van der Waals surface area contributed by atoms with Crippen molar-refractivity contribution in [1.29, 1.82) is 0 Å². The van der Waals surface area contributed by atoms with Gasteiger partial charge in [0.25, 0.3) is 9.07 Å². The SMILES string of the molecule is CC(CCN([Si](C)(C)C)[Si](C)(C)C)O[SiH2]Cl. The van der Waals surface area contributed by atoms with Gasteiger partial charge in [0.1, 0.15) is 16.5 Å². The van der Waals surface area contributed by atoms with Gasteiger partial charge in [0, 0.05) is 6.10 Å². The van der Waals surface area contributed by atoms with Gasteiger partial charge in [0.2, 0.25) is 0 Å². The molecule has 0 aromatic carbocycles. The van der Waals surface area contributed by atoms with Gasteiger partial charge in [-0.25, -0.2) is 0 Å². The second kappa shape index (κ2) is 6.70. The monoisotopic (exact) mass is 297 g/mol. The van der Waals surface area contributed by atoms with Crippen LogP contribution in [0.2, 0.25) is 39.3 Å². The summed E-state index contributed by atoms with van der Waals surface area (Å²) in [5.74, 6) is 0. The minimum Gasteiger partial charge on any atom is -0.405 e. The Morgan fingerprint density at radius 2 is 1.56 bits per heavy atom. The molecule has 0 N–H and O–H groups in total. The van der Waals surface area contributed by atoms with Crippen LogP contribution in [0.1, 0.15) is 13.3 Å². The van der Waals surface area contributed by atoms with E-state index in [4.69, 9.17) is 15.5 Å². The molecule has 0 rings (SSSR count). The molecule has 0 aliphatic heterocycles. The van der Waals surface area contributed by atoms with Crippen LogP contribution in [-0.4, -0.2) is 42.4 Å². The van der Waals surface area contributed by atoms with E-state index in [1.54, 1.807) is 0 Å². The van der Waals surface area contributed by atoms with Crippen LogP contribution < -0.4 is 0 Å². The first-order chi connectivity index (χ1) is 7.09. The van der Waals surface area contributed by atoms with E-state index in [1.165, 1.54) is 6.54 Å². The second-order valence-electron chi connectivity index (χ2n) is 6.37. The third-order valence-electron chi connectivity index (χ3n) is 2.73. The summed E-state index contributed by atoms with van der Waals surface area (Å²) in [5, 5.41) is 0. The average Bonchev–Trinajstić information content (AvgIpc) is 1.99. The Labute approximate surface area is 111 Å². The highest BCUT2D eigenvalue weighted by molar-refractivity contribution is 6.90. The Hall–Kier alpha value is 0.861. The Bertz CT molecular complexity index is 189. The normalized spacial score (nSPS) is 16.3. The lowest BCUT2D eigenvalue weighted by atomic mass is 10.3. The zero-order valence-corrected chi connectivity index (χ0v) is 16.1. The van der Waals surface area contributed by atoms with E-state index in [-0.39, 0.29) is 0 Å². The lowest BCUT2D eigenvalue weighted by Gasteiger charge is -2.44. The number of hydrogen-bond donors (Lipinski definition) is 0. The van der Waals surface area contributed by atoms with Crippen molar-refractivity contribution in [3.63, 3.8) is 0 Å². The van der Waals surface area contributed by atoms with Crippen molar-refractivity contribution in [2.24, 2.45) is 0 Å². The smallest absolute Gasteiger partial charge is 0.258 e. The Kier molecular flexibility index (Phi) is 7.06. The highest BCUT2D eigenvalue weighted by Gasteiger charge is 2.33. The van der Waals surface area contributed by atoms with Crippen LogP contribution >= 0.6 is 11.1 Å². The molecule has 0 aromatic rings. The molecule has 0 aliphatic carbocycles. The number of hydrogen-bond acceptors (Lipinski definition) is 2. The van der Waals surface area contributed by atoms with Gasteiger partial charge in [0.15, 0.2) is 0 Å². The van der Waals surface area contributed by atoms with Gasteiger partial charge in [-0.1, -0.05) is 39.3 Å². The molecule has 0 aromatic heterocycles. The van der Waals surface area contributed by atoms with Gasteiger partial charge < -0.3 is 8.66 Å². The molecule has 0 amide bonds. The van der Waals surface area contributed by atoms with Crippen molar-refractivity contribution < 1.29 is 4.43 Å².